The second-order valence-corrected chi connectivity index (χ2v) is 7.05. The molecule has 0 bridgehead atoms. The highest BCUT2D eigenvalue weighted by molar-refractivity contribution is 7.92. The summed E-state index contributed by atoms with van der Waals surface area (Å²) in [5.41, 5.74) is 2.38. The highest BCUT2D eigenvalue weighted by atomic mass is 32.2. The molecule has 0 saturated carbocycles. The monoisotopic (exact) mass is 344 g/mol. The molecule has 1 aromatic heterocycles. The van der Waals surface area contributed by atoms with Crippen LogP contribution in [0.15, 0.2) is 47.4 Å². The molecular formula is C16H16N4O3S. The van der Waals surface area contributed by atoms with E-state index in [9.17, 15) is 13.2 Å². The molecule has 1 amide bonds. The van der Waals surface area contributed by atoms with Crippen LogP contribution in [-0.2, 0) is 14.8 Å². The van der Waals surface area contributed by atoms with Gasteiger partial charge >= 0.3 is 0 Å². The zero-order valence-corrected chi connectivity index (χ0v) is 13.9. The first-order valence-electron chi connectivity index (χ1n) is 7.20. The Balaban J connectivity index is 1.85. The van der Waals surface area contributed by atoms with Gasteiger partial charge in [-0.05, 0) is 49.4 Å². The van der Waals surface area contributed by atoms with Crippen LogP contribution in [-0.4, -0.2) is 24.3 Å². The number of fused-ring (bicyclic) bond motifs is 1. The lowest BCUT2D eigenvalue weighted by atomic mass is 10.3. The lowest BCUT2D eigenvalue weighted by molar-refractivity contribution is -0.114. The summed E-state index contributed by atoms with van der Waals surface area (Å²) in [6.45, 7) is 3.22. The molecule has 0 atom stereocenters. The molecule has 0 unspecified atom stereocenters. The molecule has 124 valence electrons. The molecule has 24 heavy (non-hydrogen) atoms. The van der Waals surface area contributed by atoms with Gasteiger partial charge in [0.15, 0.2) is 0 Å². The molecule has 3 rings (SSSR count). The number of anilines is 2. The number of benzene rings is 2. The van der Waals surface area contributed by atoms with Crippen LogP contribution in [0.1, 0.15) is 12.7 Å². The van der Waals surface area contributed by atoms with E-state index in [2.05, 4.69) is 20.0 Å². The van der Waals surface area contributed by atoms with Gasteiger partial charge in [-0.1, -0.05) is 0 Å². The highest BCUT2D eigenvalue weighted by Gasteiger charge is 2.15. The van der Waals surface area contributed by atoms with Gasteiger partial charge in [0.05, 0.1) is 15.9 Å². The molecular weight excluding hydrogens is 328 g/mol. The van der Waals surface area contributed by atoms with E-state index in [1.165, 1.54) is 13.0 Å². The Morgan fingerprint density at radius 1 is 1.08 bits per heavy atom. The van der Waals surface area contributed by atoms with Gasteiger partial charge in [0, 0.05) is 18.3 Å². The van der Waals surface area contributed by atoms with Gasteiger partial charge in [0.2, 0.25) is 5.91 Å². The first kappa shape index (κ1) is 16.0. The molecule has 0 aliphatic carbocycles. The summed E-state index contributed by atoms with van der Waals surface area (Å²) < 4.78 is 27.5. The summed E-state index contributed by atoms with van der Waals surface area (Å²) in [7, 11) is -3.72. The van der Waals surface area contributed by atoms with E-state index < -0.39 is 10.0 Å². The number of imidazole rings is 1. The van der Waals surface area contributed by atoms with Crippen LogP contribution in [0, 0.1) is 6.92 Å². The molecule has 2 aromatic carbocycles. The van der Waals surface area contributed by atoms with Gasteiger partial charge in [-0.25, -0.2) is 13.4 Å². The number of hydrogen-bond donors (Lipinski definition) is 3. The van der Waals surface area contributed by atoms with Crippen LogP contribution in [0.2, 0.25) is 0 Å². The molecule has 8 heteroatoms. The Morgan fingerprint density at radius 3 is 2.42 bits per heavy atom. The summed E-state index contributed by atoms with van der Waals surface area (Å²) in [5.74, 6) is 0.535. The number of aromatic amines is 1. The average molecular weight is 344 g/mol. The maximum absolute atomic E-state index is 12.5. The number of carbonyl (C=O) groups excluding carboxylic acids is 1. The van der Waals surface area contributed by atoms with Crippen molar-refractivity contribution in [2.45, 2.75) is 18.7 Å². The van der Waals surface area contributed by atoms with Crippen LogP contribution in [0.4, 0.5) is 11.4 Å². The summed E-state index contributed by atoms with van der Waals surface area (Å²) in [5, 5.41) is 2.62. The molecule has 3 aromatic rings. The average Bonchev–Trinajstić information content (AvgIpc) is 2.87. The van der Waals surface area contributed by atoms with E-state index in [1.807, 2.05) is 6.92 Å². The minimum Gasteiger partial charge on any atom is -0.342 e. The van der Waals surface area contributed by atoms with Crippen molar-refractivity contribution in [3.05, 3.63) is 48.3 Å². The molecule has 7 nitrogen and oxygen atoms in total. The third kappa shape index (κ3) is 3.38. The predicted octanol–water partition coefficient (Wildman–Crippen LogP) is 2.63. The summed E-state index contributed by atoms with van der Waals surface area (Å²) >= 11 is 0. The van der Waals surface area contributed by atoms with Crippen molar-refractivity contribution in [1.82, 2.24) is 9.97 Å². The molecule has 0 aliphatic rings. The van der Waals surface area contributed by atoms with Crippen molar-refractivity contribution in [3.63, 3.8) is 0 Å². The van der Waals surface area contributed by atoms with Gasteiger partial charge < -0.3 is 10.3 Å². The molecule has 0 saturated heterocycles. The number of sulfonamides is 1. The molecule has 0 fully saturated rings. The summed E-state index contributed by atoms with van der Waals surface area (Å²) in [6, 6.07) is 11.1. The van der Waals surface area contributed by atoms with Gasteiger partial charge in [-0.2, -0.15) is 0 Å². The Morgan fingerprint density at radius 2 is 1.75 bits per heavy atom. The standard InChI is InChI=1S/C16H16N4O3S/c1-10-17-15-8-7-14(9-16(15)18-10)24(22,23)20-13-5-3-12(4-6-13)19-11(2)21/h3-9,20H,1-2H3,(H,17,18)(H,19,21). The third-order valence-electron chi connectivity index (χ3n) is 3.34. The Bertz CT molecular complexity index is 1010. The highest BCUT2D eigenvalue weighted by Crippen LogP contribution is 2.21. The number of nitrogens with one attached hydrogen (secondary N) is 3. The lowest BCUT2D eigenvalue weighted by Crippen LogP contribution is -2.13. The molecule has 0 aliphatic heterocycles. The Hall–Kier alpha value is -2.87. The maximum Gasteiger partial charge on any atom is 0.261 e. The number of nitrogens with zero attached hydrogens (tertiary/aromatic N) is 1. The van der Waals surface area contributed by atoms with Crippen molar-refractivity contribution >= 4 is 38.3 Å². The number of H-pyrrole nitrogens is 1. The van der Waals surface area contributed by atoms with Crippen LogP contribution < -0.4 is 10.0 Å². The van der Waals surface area contributed by atoms with Crippen LogP contribution >= 0.6 is 0 Å². The van der Waals surface area contributed by atoms with Crippen molar-refractivity contribution in [3.8, 4) is 0 Å². The smallest absolute Gasteiger partial charge is 0.261 e. The first-order chi connectivity index (χ1) is 11.3. The Kier molecular flexibility index (Phi) is 3.98. The number of amides is 1. The fourth-order valence-electron chi connectivity index (χ4n) is 2.32. The fourth-order valence-corrected chi connectivity index (χ4v) is 3.41. The van der Waals surface area contributed by atoms with Crippen LogP contribution in [0.25, 0.3) is 11.0 Å². The van der Waals surface area contributed by atoms with Crippen molar-refractivity contribution in [2.75, 3.05) is 10.0 Å². The number of rotatable bonds is 4. The zero-order chi connectivity index (χ0) is 17.3. The normalized spacial score (nSPS) is 11.4. The second-order valence-electron chi connectivity index (χ2n) is 5.37. The van der Waals surface area contributed by atoms with E-state index in [1.54, 1.807) is 36.4 Å². The van der Waals surface area contributed by atoms with Crippen molar-refractivity contribution in [1.29, 1.82) is 0 Å². The number of hydrogen-bond acceptors (Lipinski definition) is 4. The van der Waals surface area contributed by atoms with Crippen LogP contribution in [0.5, 0.6) is 0 Å². The summed E-state index contributed by atoms with van der Waals surface area (Å²) in [4.78, 5) is 18.4. The van der Waals surface area contributed by atoms with Gasteiger partial charge in [-0.15, -0.1) is 0 Å². The summed E-state index contributed by atoms with van der Waals surface area (Å²) in [6.07, 6.45) is 0. The quantitative estimate of drug-likeness (QED) is 0.677. The van der Waals surface area contributed by atoms with Crippen molar-refractivity contribution < 1.29 is 13.2 Å². The first-order valence-corrected chi connectivity index (χ1v) is 8.69. The van der Waals surface area contributed by atoms with E-state index in [0.717, 1.165) is 5.82 Å². The van der Waals surface area contributed by atoms with E-state index in [0.29, 0.717) is 22.4 Å². The van der Waals surface area contributed by atoms with Gasteiger partial charge in [0.1, 0.15) is 5.82 Å². The molecule has 3 N–H and O–H groups in total. The fraction of sp³-hybridized carbons (Fsp3) is 0.125. The van der Waals surface area contributed by atoms with Gasteiger partial charge in [0.25, 0.3) is 10.0 Å². The minimum absolute atomic E-state index is 0.143. The minimum atomic E-state index is -3.72. The zero-order valence-electron chi connectivity index (χ0n) is 13.1. The Labute approximate surface area is 139 Å². The molecule has 1 heterocycles. The topological polar surface area (TPSA) is 104 Å². The van der Waals surface area contributed by atoms with E-state index >= 15 is 0 Å². The van der Waals surface area contributed by atoms with Crippen molar-refractivity contribution in [2.24, 2.45) is 0 Å². The lowest BCUT2D eigenvalue weighted by Gasteiger charge is -2.09. The predicted molar refractivity (Wildman–Crippen MR) is 92.4 cm³/mol. The van der Waals surface area contributed by atoms with Crippen LogP contribution in [0.3, 0.4) is 0 Å². The molecule has 0 radical (unpaired) electrons. The van der Waals surface area contributed by atoms with Gasteiger partial charge in [-0.3, -0.25) is 9.52 Å². The molecule has 0 spiro atoms. The number of aryl methyl sites for hydroxylation is 1. The maximum atomic E-state index is 12.5. The third-order valence-corrected chi connectivity index (χ3v) is 4.72. The van der Waals surface area contributed by atoms with E-state index in [-0.39, 0.29) is 10.8 Å². The largest absolute Gasteiger partial charge is 0.342 e. The van der Waals surface area contributed by atoms with E-state index in [4.69, 9.17) is 0 Å². The number of carbonyl (C=O) groups is 1. The SMILES string of the molecule is CC(=O)Nc1ccc(NS(=O)(=O)c2ccc3nc(C)[nH]c3c2)cc1. The number of aromatic nitrogens is 2. The second kappa shape index (κ2) is 5.97.